The summed E-state index contributed by atoms with van der Waals surface area (Å²) in [7, 11) is 0. The topological polar surface area (TPSA) is 110 Å². The third-order valence-corrected chi connectivity index (χ3v) is 6.18. The van der Waals surface area contributed by atoms with Crippen molar-refractivity contribution in [3.05, 3.63) is 137 Å². The van der Waals surface area contributed by atoms with Crippen LogP contribution < -0.4 is 4.74 Å². The van der Waals surface area contributed by atoms with Crippen LogP contribution in [0.15, 0.2) is 91.4 Å². The van der Waals surface area contributed by atoms with Gasteiger partial charge in [0, 0.05) is 29.0 Å². The van der Waals surface area contributed by atoms with Gasteiger partial charge in [-0.1, -0.05) is 24.0 Å². The van der Waals surface area contributed by atoms with E-state index in [0.29, 0.717) is 41.9 Å². The number of hydrogen-bond acceptors (Lipinski definition) is 7. The van der Waals surface area contributed by atoms with E-state index >= 15 is 8.78 Å². The zero-order valence-electron chi connectivity index (χ0n) is 23.9. The van der Waals surface area contributed by atoms with Crippen LogP contribution >= 0.6 is 0 Å². The molecular weight excluding hydrogens is 564 g/mol. The minimum atomic E-state index is -4.61. The van der Waals surface area contributed by atoms with E-state index in [-0.39, 0.29) is 16.3 Å². The second kappa shape index (κ2) is 12.1. The first-order chi connectivity index (χ1) is 21.5. The van der Waals surface area contributed by atoms with Crippen LogP contribution in [0.2, 0.25) is 0 Å². The van der Waals surface area contributed by atoms with Gasteiger partial charge in [0.25, 0.3) is 0 Å². The lowest BCUT2D eigenvalue weighted by Crippen LogP contribution is -2.48. The molecule has 0 spiro atoms. The van der Waals surface area contributed by atoms with Crippen molar-refractivity contribution in [2.75, 3.05) is 0 Å². The van der Waals surface area contributed by atoms with Crippen molar-refractivity contribution in [3.8, 4) is 23.7 Å². The van der Waals surface area contributed by atoms with Gasteiger partial charge in [-0.2, -0.15) is 14.0 Å². The second-order valence-electron chi connectivity index (χ2n) is 9.08. The number of aromatic nitrogens is 5. The van der Waals surface area contributed by atoms with E-state index in [2.05, 4.69) is 32.4 Å². The van der Waals surface area contributed by atoms with Crippen molar-refractivity contribution in [1.82, 2.24) is 25.2 Å². The summed E-state index contributed by atoms with van der Waals surface area (Å²) in [6.45, 7) is -3.27. The van der Waals surface area contributed by atoms with Crippen molar-refractivity contribution < 1.29 is 30.1 Å². The number of nitrogens with zero attached hydrogens (tertiary/aromatic N) is 6. The molecule has 2 aromatic heterocycles. The predicted octanol–water partition coefficient (Wildman–Crippen LogP) is 4.88. The number of rotatable bonds is 8. The highest BCUT2D eigenvalue weighted by atomic mass is 19.3. The third kappa shape index (κ3) is 6.35. The standard InChI is InChI=1S/C31H20F4N6O2/c32-25-10-13-27(28(33)15-25)30(42,19-41-20-38-39-40-41)31(34,35)29-14-9-23(17-37-29)4-1-21-7-11-26(12-8-21)43-18-24-5-2-22(16-36)3-6-24/h2-3,5-15,17,20,42H,18-19H2/i19D2. The van der Waals surface area contributed by atoms with Gasteiger partial charge < -0.3 is 9.84 Å². The van der Waals surface area contributed by atoms with Crippen LogP contribution in [0.3, 0.4) is 0 Å². The van der Waals surface area contributed by atoms with Gasteiger partial charge in [0.2, 0.25) is 0 Å². The highest BCUT2D eigenvalue weighted by molar-refractivity contribution is 5.44. The fraction of sp³-hybridized carbons (Fsp3) is 0.129. The molecule has 0 aliphatic heterocycles. The Hall–Kier alpha value is -5.59. The lowest BCUT2D eigenvalue weighted by atomic mass is 9.84. The van der Waals surface area contributed by atoms with Gasteiger partial charge in [0.15, 0.2) is 5.60 Å². The van der Waals surface area contributed by atoms with Crippen molar-refractivity contribution in [1.29, 1.82) is 5.26 Å². The van der Waals surface area contributed by atoms with E-state index in [1.165, 1.54) is 6.07 Å². The average Bonchev–Trinajstić information content (AvgIpc) is 3.60. The Balaban J connectivity index is 1.37. The summed E-state index contributed by atoms with van der Waals surface area (Å²) in [6, 6.07) is 19.1. The molecule has 1 unspecified atom stereocenters. The predicted molar refractivity (Wildman–Crippen MR) is 144 cm³/mol. The fourth-order valence-corrected chi connectivity index (χ4v) is 3.92. The van der Waals surface area contributed by atoms with E-state index in [1.54, 1.807) is 48.5 Å². The number of tetrazole rings is 1. The molecule has 214 valence electrons. The van der Waals surface area contributed by atoms with Gasteiger partial charge >= 0.3 is 5.92 Å². The number of benzene rings is 3. The van der Waals surface area contributed by atoms with Crippen LogP contribution in [0.25, 0.3) is 0 Å². The summed E-state index contributed by atoms with van der Waals surface area (Å²) in [4.78, 5) is 3.70. The molecule has 0 fully saturated rings. The van der Waals surface area contributed by atoms with Gasteiger partial charge in [-0.25, -0.2) is 13.5 Å². The molecule has 0 saturated heterocycles. The van der Waals surface area contributed by atoms with Crippen LogP contribution in [-0.2, 0) is 24.6 Å². The Morgan fingerprint density at radius 3 is 2.26 bits per heavy atom. The zero-order chi connectivity index (χ0) is 32.2. The Morgan fingerprint density at radius 1 is 0.930 bits per heavy atom. The van der Waals surface area contributed by atoms with E-state index < -0.39 is 40.9 Å². The summed E-state index contributed by atoms with van der Waals surface area (Å²) >= 11 is 0. The molecule has 0 aliphatic rings. The lowest BCUT2D eigenvalue weighted by Gasteiger charge is -2.35. The maximum atomic E-state index is 16.1. The number of aliphatic hydroxyl groups is 1. The SMILES string of the molecule is [2H]C([2H])(n1cnnn1)C(O)(c1ccc(F)cc1F)C(F)(F)c1ccc(C#Cc2ccc(OCc3ccc(C#N)cc3)cc2)cn1. The molecule has 0 saturated carbocycles. The quantitative estimate of drug-likeness (QED) is 0.204. The number of halogens is 4. The third-order valence-electron chi connectivity index (χ3n) is 6.18. The molecular formula is C31H20F4N6O2. The first kappa shape index (κ1) is 26.3. The molecule has 5 rings (SSSR count). The molecule has 1 atom stereocenters. The molecule has 1 N–H and O–H groups in total. The van der Waals surface area contributed by atoms with E-state index in [9.17, 15) is 13.9 Å². The fourth-order valence-electron chi connectivity index (χ4n) is 3.92. The number of hydrogen-bond donors (Lipinski definition) is 1. The van der Waals surface area contributed by atoms with Crippen molar-refractivity contribution in [3.63, 3.8) is 0 Å². The Kier molecular flexibility index (Phi) is 7.41. The summed E-state index contributed by atoms with van der Waals surface area (Å²) in [5, 5.41) is 30.0. The highest BCUT2D eigenvalue weighted by Gasteiger charge is 2.58. The second-order valence-corrected chi connectivity index (χ2v) is 9.08. The monoisotopic (exact) mass is 586 g/mol. The van der Waals surface area contributed by atoms with E-state index in [4.69, 9.17) is 12.7 Å². The lowest BCUT2D eigenvalue weighted by molar-refractivity contribution is -0.207. The summed E-state index contributed by atoms with van der Waals surface area (Å²) < 4.78 is 83.4. The van der Waals surface area contributed by atoms with Crippen LogP contribution in [-0.4, -0.2) is 30.3 Å². The van der Waals surface area contributed by atoms with Crippen LogP contribution in [0.4, 0.5) is 17.6 Å². The van der Waals surface area contributed by atoms with Crippen molar-refractivity contribution in [2.45, 2.75) is 24.6 Å². The minimum absolute atomic E-state index is 0.201. The molecule has 12 heteroatoms. The maximum absolute atomic E-state index is 16.1. The largest absolute Gasteiger partial charge is 0.489 e. The van der Waals surface area contributed by atoms with Crippen LogP contribution in [0, 0.1) is 34.8 Å². The Morgan fingerprint density at radius 2 is 1.63 bits per heavy atom. The summed E-state index contributed by atoms with van der Waals surface area (Å²) in [5.41, 5.74) is -4.17. The van der Waals surface area contributed by atoms with Crippen LogP contribution in [0.5, 0.6) is 5.75 Å². The van der Waals surface area contributed by atoms with Crippen LogP contribution in [0.1, 0.15) is 36.3 Å². The smallest absolute Gasteiger partial charge is 0.323 e. The first-order valence-corrected chi connectivity index (χ1v) is 12.5. The molecule has 5 aromatic rings. The molecule has 0 amide bonds. The molecule has 0 bridgehead atoms. The average molecular weight is 587 g/mol. The number of nitriles is 1. The number of pyridine rings is 1. The highest BCUT2D eigenvalue weighted by Crippen LogP contribution is 2.46. The number of alkyl halides is 2. The van der Waals surface area contributed by atoms with Gasteiger partial charge in [-0.3, -0.25) is 4.98 Å². The molecule has 0 aliphatic carbocycles. The molecule has 43 heavy (non-hydrogen) atoms. The normalized spacial score (nSPS) is 13.5. The van der Waals surface area contributed by atoms with E-state index in [1.807, 2.05) is 6.07 Å². The Labute approximate surface area is 245 Å². The van der Waals surface area contributed by atoms with Crippen molar-refractivity contribution >= 4 is 0 Å². The Bertz CT molecular complexity index is 1910. The zero-order valence-corrected chi connectivity index (χ0v) is 21.9. The summed E-state index contributed by atoms with van der Waals surface area (Å²) in [5.74, 6) is -1.15. The van der Waals surface area contributed by atoms with E-state index in [0.717, 1.165) is 17.8 Å². The van der Waals surface area contributed by atoms with Gasteiger partial charge in [0.05, 0.1) is 20.9 Å². The van der Waals surface area contributed by atoms with Gasteiger partial charge in [-0.15, -0.1) is 5.10 Å². The molecule has 3 aromatic carbocycles. The maximum Gasteiger partial charge on any atom is 0.323 e. The van der Waals surface area contributed by atoms with Gasteiger partial charge in [-0.05, 0) is 76.7 Å². The number of ether oxygens (including phenoxy) is 1. The first-order valence-electron chi connectivity index (χ1n) is 13.5. The summed E-state index contributed by atoms with van der Waals surface area (Å²) in [6.07, 6.45) is 1.61. The van der Waals surface area contributed by atoms with Crippen molar-refractivity contribution in [2.24, 2.45) is 0 Å². The molecule has 2 heterocycles. The molecule has 0 radical (unpaired) electrons. The van der Waals surface area contributed by atoms with Gasteiger partial charge in [0.1, 0.15) is 36.0 Å². The minimum Gasteiger partial charge on any atom is -0.489 e. The molecule has 8 nitrogen and oxygen atoms in total.